The highest BCUT2D eigenvalue weighted by molar-refractivity contribution is 9.10. The zero-order chi connectivity index (χ0) is 23.1. The largest absolute Gasteiger partial charge is 0.456 e. The molecule has 1 nitrogen and oxygen atoms in total. The Labute approximate surface area is 207 Å². The summed E-state index contributed by atoms with van der Waals surface area (Å²) < 4.78 is 7.20. The number of hydrogen-bond acceptors (Lipinski definition) is 1. The summed E-state index contributed by atoms with van der Waals surface area (Å²) in [6.07, 6.45) is 8.84. The minimum absolute atomic E-state index is 0.257. The molecule has 2 heteroatoms. The zero-order valence-electron chi connectivity index (χ0n) is 18.8. The molecule has 0 amide bonds. The Morgan fingerprint density at radius 1 is 0.706 bits per heavy atom. The average molecular weight is 503 g/mol. The fourth-order valence-electron chi connectivity index (χ4n) is 5.01. The SMILES string of the molecule is C[C@H]1C=CC=CC(c2ccccc2-c2ccccc2)=C1c1ccc2oc3cccc(Br)c3c2c1. The van der Waals surface area contributed by atoms with Crippen molar-refractivity contribution in [3.63, 3.8) is 0 Å². The van der Waals surface area contributed by atoms with Crippen LogP contribution >= 0.6 is 15.9 Å². The third-order valence-corrected chi connectivity index (χ3v) is 7.24. The van der Waals surface area contributed by atoms with Gasteiger partial charge in [0.1, 0.15) is 11.2 Å². The maximum atomic E-state index is 6.14. The van der Waals surface area contributed by atoms with Crippen LogP contribution in [0.25, 0.3) is 44.2 Å². The Bertz CT molecular complexity index is 1620. The van der Waals surface area contributed by atoms with Crippen LogP contribution in [0.3, 0.4) is 0 Å². The molecular weight excluding hydrogens is 480 g/mol. The van der Waals surface area contributed by atoms with E-state index in [0.29, 0.717) is 0 Å². The number of halogens is 1. The molecule has 0 fully saturated rings. The number of rotatable bonds is 3. The van der Waals surface area contributed by atoms with Crippen molar-refractivity contribution < 1.29 is 4.42 Å². The normalized spacial score (nSPS) is 15.9. The van der Waals surface area contributed by atoms with Gasteiger partial charge in [-0.2, -0.15) is 0 Å². The van der Waals surface area contributed by atoms with Crippen molar-refractivity contribution in [2.75, 3.05) is 0 Å². The first-order chi connectivity index (χ1) is 16.7. The van der Waals surface area contributed by atoms with Gasteiger partial charge in [0.05, 0.1) is 0 Å². The van der Waals surface area contributed by atoms with Crippen molar-refractivity contribution in [3.8, 4) is 11.1 Å². The van der Waals surface area contributed by atoms with E-state index < -0.39 is 0 Å². The highest BCUT2D eigenvalue weighted by Crippen LogP contribution is 2.42. The maximum absolute atomic E-state index is 6.14. The van der Waals surface area contributed by atoms with Crippen molar-refractivity contribution >= 4 is 49.0 Å². The van der Waals surface area contributed by atoms with E-state index in [0.717, 1.165) is 26.4 Å². The first kappa shape index (κ1) is 20.9. The Morgan fingerprint density at radius 2 is 1.50 bits per heavy atom. The Morgan fingerprint density at radius 3 is 2.35 bits per heavy atom. The highest BCUT2D eigenvalue weighted by Gasteiger charge is 2.20. The molecule has 0 aliphatic heterocycles. The monoisotopic (exact) mass is 502 g/mol. The smallest absolute Gasteiger partial charge is 0.136 e. The van der Waals surface area contributed by atoms with Gasteiger partial charge in [-0.1, -0.05) is 114 Å². The molecule has 1 atom stereocenters. The molecule has 0 saturated heterocycles. The molecule has 0 spiro atoms. The molecule has 1 aliphatic rings. The van der Waals surface area contributed by atoms with E-state index in [4.69, 9.17) is 4.42 Å². The van der Waals surface area contributed by atoms with Gasteiger partial charge >= 0.3 is 0 Å². The number of fused-ring (bicyclic) bond motifs is 3. The summed E-state index contributed by atoms with van der Waals surface area (Å²) in [5, 5.41) is 2.26. The first-order valence-corrected chi connectivity index (χ1v) is 12.3. The average Bonchev–Trinajstić information content (AvgIpc) is 3.14. The van der Waals surface area contributed by atoms with E-state index in [9.17, 15) is 0 Å². The van der Waals surface area contributed by atoms with Gasteiger partial charge < -0.3 is 4.42 Å². The van der Waals surface area contributed by atoms with Crippen LogP contribution in [0.1, 0.15) is 18.1 Å². The van der Waals surface area contributed by atoms with E-state index in [-0.39, 0.29) is 5.92 Å². The predicted octanol–water partition coefficient (Wildman–Crippen LogP) is 9.69. The molecule has 1 aromatic heterocycles. The second-order valence-electron chi connectivity index (χ2n) is 8.70. The maximum Gasteiger partial charge on any atom is 0.136 e. The fraction of sp³-hybridized carbons (Fsp3) is 0.0625. The third-order valence-electron chi connectivity index (χ3n) is 6.58. The van der Waals surface area contributed by atoms with Crippen LogP contribution in [-0.4, -0.2) is 0 Å². The summed E-state index contributed by atoms with van der Waals surface area (Å²) in [6.45, 7) is 2.28. The minimum atomic E-state index is 0.257. The standard InChI is InChI=1S/C32H23BrO/c1-21-10-5-6-15-26(25-14-8-7-13-24(25)22-11-3-2-4-12-22)31(21)23-18-19-29-27(20-23)32-28(33)16-9-17-30(32)34-29/h2-21H,1H3/t21-/m0/s1. The molecule has 1 aliphatic carbocycles. The molecule has 5 aromatic rings. The molecule has 0 unspecified atom stereocenters. The molecule has 4 aromatic carbocycles. The van der Waals surface area contributed by atoms with Crippen LogP contribution in [0, 0.1) is 5.92 Å². The van der Waals surface area contributed by atoms with Crippen LogP contribution in [0.5, 0.6) is 0 Å². The van der Waals surface area contributed by atoms with Gasteiger partial charge in [-0.05, 0) is 57.7 Å². The Balaban J connectivity index is 1.63. The van der Waals surface area contributed by atoms with Crippen molar-refractivity contribution in [3.05, 3.63) is 131 Å². The van der Waals surface area contributed by atoms with Gasteiger partial charge in [0.2, 0.25) is 0 Å². The van der Waals surface area contributed by atoms with Gasteiger partial charge in [0, 0.05) is 21.2 Å². The molecule has 0 saturated carbocycles. The van der Waals surface area contributed by atoms with Gasteiger partial charge in [0.25, 0.3) is 0 Å². The van der Waals surface area contributed by atoms with E-state index in [1.54, 1.807) is 0 Å². The molecular formula is C32H23BrO. The lowest BCUT2D eigenvalue weighted by Crippen LogP contribution is -2.00. The van der Waals surface area contributed by atoms with E-state index in [1.165, 1.54) is 33.4 Å². The van der Waals surface area contributed by atoms with Gasteiger partial charge in [-0.3, -0.25) is 0 Å². The summed E-state index contributed by atoms with van der Waals surface area (Å²) in [5.74, 6) is 0.257. The predicted molar refractivity (Wildman–Crippen MR) is 148 cm³/mol. The molecule has 1 heterocycles. The second kappa shape index (κ2) is 8.62. The quantitative estimate of drug-likeness (QED) is 0.239. The Hall–Kier alpha value is -3.62. The summed E-state index contributed by atoms with van der Waals surface area (Å²) in [4.78, 5) is 0. The lowest BCUT2D eigenvalue weighted by atomic mass is 9.84. The molecule has 0 bridgehead atoms. The van der Waals surface area contributed by atoms with Crippen LogP contribution < -0.4 is 0 Å². The lowest BCUT2D eigenvalue weighted by molar-refractivity contribution is 0.669. The summed E-state index contributed by atoms with van der Waals surface area (Å²) >= 11 is 3.73. The van der Waals surface area contributed by atoms with Crippen LogP contribution in [0.15, 0.2) is 124 Å². The molecule has 6 rings (SSSR count). The number of benzene rings is 4. The van der Waals surface area contributed by atoms with Gasteiger partial charge in [0.15, 0.2) is 0 Å². The first-order valence-electron chi connectivity index (χ1n) is 11.6. The van der Waals surface area contributed by atoms with E-state index in [1.807, 2.05) is 12.1 Å². The van der Waals surface area contributed by atoms with Crippen LogP contribution in [0.4, 0.5) is 0 Å². The highest BCUT2D eigenvalue weighted by atomic mass is 79.9. The van der Waals surface area contributed by atoms with E-state index >= 15 is 0 Å². The molecule has 164 valence electrons. The fourth-order valence-corrected chi connectivity index (χ4v) is 5.57. The van der Waals surface area contributed by atoms with E-state index in [2.05, 4.69) is 126 Å². The summed E-state index contributed by atoms with van der Waals surface area (Å²) in [5.41, 5.74) is 9.31. The summed E-state index contributed by atoms with van der Waals surface area (Å²) in [6, 6.07) is 32.1. The second-order valence-corrected chi connectivity index (χ2v) is 9.55. The topological polar surface area (TPSA) is 13.1 Å². The van der Waals surface area contributed by atoms with Crippen molar-refractivity contribution in [2.45, 2.75) is 6.92 Å². The number of hydrogen-bond donors (Lipinski definition) is 0. The van der Waals surface area contributed by atoms with Crippen molar-refractivity contribution in [1.82, 2.24) is 0 Å². The van der Waals surface area contributed by atoms with Gasteiger partial charge in [-0.25, -0.2) is 0 Å². The Kier molecular flexibility index (Phi) is 5.31. The van der Waals surface area contributed by atoms with Gasteiger partial charge in [-0.15, -0.1) is 0 Å². The van der Waals surface area contributed by atoms with Crippen LogP contribution in [-0.2, 0) is 0 Å². The minimum Gasteiger partial charge on any atom is -0.456 e. The van der Waals surface area contributed by atoms with Crippen molar-refractivity contribution in [1.29, 1.82) is 0 Å². The zero-order valence-corrected chi connectivity index (χ0v) is 20.4. The van der Waals surface area contributed by atoms with Crippen molar-refractivity contribution in [2.24, 2.45) is 5.92 Å². The summed E-state index contributed by atoms with van der Waals surface area (Å²) in [7, 11) is 0. The third kappa shape index (κ3) is 3.55. The lowest BCUT2D eigenvalue weighted by Gasteiger charge is -2.20. The van der Waals surface area contributed by atoms with Crippen LogP contribution in [0.2, 0.25) is 0 Å². The molecule has 34 heavy (non-hydrogen) atoms. The molecule has 0 N–H and O–H groups in total. The molecule has 0 radical (unpaired) electrons. The number of allylic oxidation sites excluding steroid dienone is 6. The number of furan rings is 1.